The Morgan fingerprint density at radius 1 is 0.920 bits per heavy atom. The highest BCUT2D eigenvalue weighted by Gasteiger charge is 2.21. The van der Waals surface area contributed by atoms with E-state index in [4.69, 9.17) is 0 Å². The molecule has 0 bridgehead atoms. The van der Waals surface area contributed by atoms with Gasteiger partial charge in [-0.3, -0.25) is 9.59 Å². The van der Waals surface area contributed by atoms with E-state index in [-0.39, 0.29) is 11.8 Å². The lowest BCUT2D eigenvalue weighted by atomic mass is 10.0. The van der Waals surface area contributed by atoms with Gasteiger partial charge in [-0.15, -0.1) is 0 Å². The van der Waals surface area contributed by atoms with E-state index in [9.17, 15) is 9.59 Å². The van der Waals surface area contributed by atoms with Gasteiger partial charge >= 0.3 is 0 Å². The molecule has 0 unspecified atom stereocenters. The number of carbonyl (C=O) groups is 2. The highest BCUT2D eigenvalue weighted by atomic mass is 16.2. The summed E-state index contributed by atoms with van der Waals surface area (Å²) in [7, 11) is 0. The lowest BCUT2D eigenvalue weighted by Gasteiger charge is -2.19. The second kappa shape index (κ2) is 10.3. The monoisotopic (exact) mass is 338 g/mol. The Morgan fingerprint density at radius 3 is 2.20 bits per heavy atom. The molecule has 0 heterocycles. The van der Waals surface area contributed by atoms with Gasteiger partial charge in [0.15, 0.2) is 0 Å². The van der Waals surface area contributed by atoms with Gasteiger partial charge in [-0.05, 0) is 24.1 Å². The van der Waals surface area contributed by atoms with Gasteiger partial charge in [0.25, 0.3) is 5.91 Å². The first-order valence-electron chi connectivity index (χ1n) is 8.88. The average molecular weight is 338 g/mol. The highest BCUT2D eigenvalue weighted by molar-refractivity contribution is 5.97. The fourth-order valence-electron chi connectivity index (χ4n) is 2.60. The summed E-state index contributed by atoms with van der Waals surface area (Å²) in [5, 5.41) is 5.81. The van der Waals surface area contributed by atoms with E-state index in [1.807, 2.05) is 48.5 Å². The van der Waals surface area contributed by atoms with Crippen LogP contribution in [0.25, 0.3) is 0 Å². The highest BCUT2D eigenvalue weighted by Crippen LogP contribution is 2.06. The molecule has 2 aromatic carbocycles. The summed E-state index contributed by atoms with van der Waals surface area (Å²) < 4.78 is 0. The number of amides is 2. The van der Waals surface area contributed by atoms with Crippen LogP contribution in [-0.4, -0.2) is 24.4 Å². The molecule has 0 radical (unpaired) electrons. The second-order valence-electron chi connectivity index (χ2n) is 6.08. The molecule has 2 rings (SSSR count). The first-order chi connectivity index (χ1) is 12.2. The molecule has 4 nitrogen and oxygen atoms in total. The minimum Gasteiger partial charge on any atom is -0.354 e. The van der Waals surface area contributed by atoms with Crippen LogP contribution >= 0.6 is 0 Å². The van der Waals surface area contributed by atoms with E-state index in [1.54, 1.807) is 12.1 Å². The number of carbonyl (C=O) groups excluding carboxylic acids is 2. The van der Waals surface area contributed by atoms with Crippen molar-refractivity contribution in [1.82, 2.24) is 10.6 Å². The van der Waals surface area contributed by atoms with E-state index < -0.39 is 6.04 Å². The number of hydrogen-bond donors (Lipinski definition) is 2. The van der Waals surface area contributed by atoms with Crippen LogP contribution in [-0.2, 0) is 11.2 Å². The molecular formula is C21H26N2O2. The first-order valence-corrected chi connectivity index (χ1v) is 8.88. The third-order valence-electron chi connectivity index (χ3n) is 4.02. The van der Waals surface area contributed by atoms with Crippen LogP contribution in [0.5, 0.6) is 0 Å². The van der Waals surface area contributed by atoms with E-state index >= 15 is 0 Å². The number of rotatable bonds is 9. The van der Waals surface area contributed by atoms with Gasteiger partial charge < -0.3 is 10.6 Å². The Hall–Kier alpha value is -2.62. The fraction of sp³-hybridized carbons (Fsp3) is 0.333. The smallest absolute Gasteiger partial charge is 0.251 e. The SMILES string of the molecule is CCCCCNC(=O)[C@H](Cc1ccccc1)NC(=O)c1ccccc1. The molecule has 0 aliphatic rings. The third-order valence-corrected chi connectivity index (χ3v) is 4.02. The molecule has 0 fully saturated rings. The Balaban J connectivity index is 2.03. The van der Waals surface area contributed by atoms with Crippen molar-refractivity contribution in [1.29, 1.82) is 0 Å². The van der Waals surface area contributed by atoms with Crippen LogP contribution in [0, 0.1) is 0 Å². The largest absolute Gasteiger partial charge is 0.354 e. The summed E-state index contributed by atoms with van der Waals surface area (Å²) in [5.41, 5.74) is 1.57. The van der Waals surface area contributed by atoms with E-state index in [2.05, 4.69) is 17.6 Å². The maximum absolute atomic E-state index is 12.6. The van der Waals surface area contributed by atoms with Gasteiger partial charge in [0.05, 0.1) is 0 Å². The van der Waals surface area contributed by atoms with Crippen molar-refractivity contribution < 1.29 is 9.59 Å². The van der Waals surface area contributed by atoms with Crippen molar-refractivity contribution in [3.05, 3.63) is 71.8 Å². The van der Waals surface area contributed by atoms with Gasteiger partial charge in [-0.1, -0.05) is 68.3 Å². The molecule has 0 saturated carbocycles. The molecule has 0 saturated heterocycles. The summed E-state index contributed by atoms with van der Waals surface area (Å²) in [5.74, 6) is -0.366. The Labute approximate surface area is 149 Å². The van der Waals surface area contributed by atoms with Gasteiger partial charge in [-0.2, -0.15) is 0 Å². The summed E-state index contributed by atoms with van der Waals surface area (Å²) in [4.78, 5) is 25.0. The first kappa shape index (κ1) is 18.7. The molecule has 0 aromatic heterocycles. The van der Waals surface area contributed by atoms with Crippen molar-refractivity contribution in [2.45, 2.75) is 38.6 Å². The molecule has 25 heavy (non-hydrogen) atoms. The van der Waals surface area contributed by atoms with Crippen molar-refractivity contribution in [2.24, 2.45) is 0 Å². The molecule has 2 N–H and O–H groups in total. The molecule has 4 heteroatoms. The van der Waals surface area contributed by atoms with Crippen LogP contribution in [0.1, 0.15) is 42.1 Å². The standard InChI is InChI=1S/C21H26N2O2/c1-2-3-10-15-22-21(25)19(16-17-11-6-4-7-12-17)23-20(24)18-13-8-5-9-14-18/h4-9,11-14,19H,2-3,10,15-16H2,1H3,(H,22,25)(H,23,24)/t19-/m0/s1. The minimum atomic E-state index is -0.586. The topological polar surface area (TPSA) is 58.2 Å². The zero-order chi connectivity index (χ0) is 17.9. The number of hydrogen-bond acceptors (Lipinski definition) is 2. The van der Waals surface area contributed by atoms with Gasteiger partial charge in [0.2, 0.25) is 5.91 Å². The van der Waals surface area contributed by atoms with Crippen LogP contribution in [0.2, 0.25) is 0 Å². The number of nitrogens with one attached hydrogen (secondary N) is 2. The molecule has 0 spiro atoms. The Bertz CT molecular complexity index is 656. The maximum atomic E-state index is 12.6. The molecule has 1 atom stereocenters. The predicted octanol–water partition coefficient (Wildman–Crippen LogP) is 3.33. The van der Waals surface area contributed by atoms with E-state index in [1.165, 1.54) is 0 Å². The second-order valence-corrected chi connectivity index (χ2v) is 6.08. The van der Waals surface area contributed by atoms with Crippen LogP contribution in [0.4, 0.5) is 0 Å². The van der Waals surface area contributed by atoms with Crippen LogP contribution in [0.3, 0.4) is 0 Å². The third kappa shape index (κ3) is 6.42. The molecular weight excluding hydrogens is 312 g/mol. The molecule has 2 aromatic rings. The molecule has 0 aliphatic heterocycles. The van der Waals surface area contributed by atoms with Gasteiger partial charge in [0.1, 0.15) is 6.04 Å². The molecule has 132 valence electrons. The zero-order valence-corrected chi connectivity index (χ0v) is 14.7. The van der Waals surface area contributed by atoms with Crippen molar-refractivity contribution in [2.75, 3.05) is 6.54 Å². The minimum absolute atomic E-state index is 0.135. The summed E-state index contributed by atoms with van der Waals surface area (Å²) in [6.07, 6.45) is 3.61. The van der Waals surface area contributed by atoms with Crippen molar-refractivity contribution >= 4 is 11.8 Å². The van der Waals surface area contributed by atoms with E-state index in [0.29, 0.717) is 18.5 Å². The Morgan fingerprint density at radius 2 is 1.56 bits per heavy atom. The molecule has 0 aliphatic carbocycles. The number of benzene rings is 2. The normalized spacial score (nSPS) is 11.6. The predicted molar refractivity (Wildman–Crippen MR) is 100 cm³/mol. The lowest BCUT2D eigenvalue weighted by Crippen LogP contribution is -2.48. The summed E-state index contributed by atoms with van der Waals surface area (Å²) in [6, 6.07) is 18.1. The lowest BCUT2D eigenvalue weighted by molar-refractivity contribution is -0.122. The van der Waals surface area contributed by atoms with Gasteiger partial charge in [0, 0.05) is 18.5 Å². The van der Waals surface area contributed by atoms with Crippen LogP contribution < -0.4 is 10.6 Å². The van der Waals surface area contributed by atoms with Gasteiger partial charge in [-0.25, -0.2) is 0 Å². The average Bonchev–Trinajstić information content (AvgIpc) is 2.66. The maximum Gasteiger partial charge on any atom is 0.251 e. The fourth-order valence-corrected chi connectivity index (χ4v) is 2.60. The van der Waals surface area contributed by atoms with Crippen molar-refractivity contribution in [3.63, 3.8) is 0 Å². The summed E-state index contributed by atoms with van der Waals surface area (Å²) in [6.45, 7) is 2.76. The van der Waals surface area contributed by atoms with E-state index in [0.717, 1.165) is 24.8 Å². The number of unbranched alkanes of at least 4 members (excludes halogenated alkanes) is 2. The zero-order valence-electron chi connectivity index (χ0n) is 14.7. The molecule has 2 amide bonds. The van der Waals surface area contributed by atoms with Crippen molar-refractivity contribution in [3.8, 4) is 0 Å². The van der Waals surface area contributed by atoms with Crippen LogP contribution in [0.15, 0.2) is 60.7 Å². The Kier molecular flexibility index (Phi) is 7.70. The summed E-state index contributed by atoms with van der Waals surface area (Å²) >= 11 is 0. The quantitative estimate of drug-likeness (QED) is 0.689.